The topological polar surface area (TPSA) is 51.4 Å². The van der Waals surface area contributed by atoms with Gasteiger partial charge in [0, 0.05) is 11.4 Å². The average Bonchev–Trinajstić information content (AvgIpc) is 3.29. The van der Waals surface area contributed by atoms with Gasteiger partial charge in [-0.15, -0.1) is 11.3 Å². The number of thiophene rings is 1. The molecule has 0 N–H and O–H groups in total. The molecule has 1 atom stereocenters. The first-order valence-electron chi connectivity index (χ1n) is 8.55. The summed E-state index contributed by atoms with van der Waals surface area (Å²) in [6, 6.07) is 3.89. The van der Waals surface area contributed by atoms with Crippen LogP contribution in [0.15, 0.2) is 29.1 Å². The number of hydrogen-bond acceptors (Lipinski definition) is 6. The number of fused-ring (bicyclic) bond motifs is 3. The summed E-state index contributed by atoms with van der Waals surface area (Å²) < 4.78 is 11.4. The van der Waals surface area contributed by atoms with Crippen molar-refractivity contribution in [1.29, 1.82) is 0 Å². The molecule has 5 rings (SSSR count). The molecule has 3 aromatic heterocycles. The van der Waals surface area contributed by atoms with Gasteiger partial charge in [0.1, 0.15) is 28.8 Å². The summed E-state index contributed by atoms with van der Waals surface area (Å²) in [4.78, 5) is 14.2. The number of rotatable bonds is 2. The molecule has 1 unspecified atom stereocenters. The lowest BCUT2D eigenvalue weighted by atomic mass is 9.97. The molecule has 1 aliphatic carbocycles. The van der Waals surface area contributed by atoms with Crippen LogP contribution in [0.3, 0.4) is 0 Å². The molecule has 0 bridgehead atoms. The Balaban J connectivity index is 1.55. The lowest BCUT2D eigenvalue weighted by Crippen LogP contribution is -2.39. The summed E-state index contributed by atoms with van der Waals surface area (Å²) in [5.41, 5.74) is 1.48. The summed E-state index contributed by atoms with van der Waals surface area (Å²) in [6.45, 7) is 2.31. The van der Waals surface area contributed by atoms with E-state index in [9.17, 15) is 0 Å². The molecule has 24 heavy (non-hydrogen) atoms. The largest absolute Gasteiger partial charge is 0.467 e. The van der Waals surface area contributed by atoms with Gasteiger partial charge >= 0.3 is 0 Å². The first-order valence-corrected chi connectivity index (χ1v) is 9.37. The van der Waals surface area contributed by atoms with Crippen molar-refractivity contribution in [3.63, 3.8) is 0 Å². The summed E-state index contributed by atoms with van der Waals surface area (Å²) >= 11 is 1.85. The van der Waals surface area contributed by atoms with E-state index in [0.717, 1.165) is 35.9 Å². The van der Waals surface area contributed by atoms with E-state index in [1.54, 1.807) is 12.6 Å². The minimum Gasteiger partial charge on any atom is -0.467 e. The zero-order chi connectivity index (χ0) is 15.9. The SMILES string of the molecule is c1coc(C2CN(c3ncnc4sc5c(c34)CCCC5)CCO2)c1. The number of ether oxygens (including phenoxy) is 1. The van der Waals surface area contributed by atoms with Crippen molar-refractivity contribution in [3.05, 3.63) is 40.9 Å². The number of anilines is 1. The third-order valence-corrected chi connectivity index (χ3v) is 6.16. The quantitative estimate of drug-likeness (QED) is 0.711. The van der Waals surface area contributed by atoms with E-state index in [2.05, 4.69) is 14.9 Å². The summed E-state index contributed by atoms with van der Waals surface area (Å²) in [5.74, 6) is 1.96. The van der Waals surface area contributed by atoms with E-state index in [1.807, 2.05) is 23.5 Å². The van der Waals surface area contributed by atoms with Crippen LogP contribution < -0.4 is 4.90 Å². The molecule has 0 aromatic carbocycles. The van der Waals surface area contributed by atoms with Gasteiger partial charge in [0.2, 0.25) is 0 Å². The van der Waals surface area contributed by atoms with Gasteiger partial charge in [-0.1, -0.05) is 0 Å². The molecule has 1 aliphatic heterocycles. The van der Waals surface area contributed by atoms with Crippen LogP contribution in [0.4, 0.5) is 5.82 Å². The maximum atomic E-state index is 5.90. The zero-order valence-electron chi connectivity index (χ0n) is 13.4. The maximum absolute atomic E-state index is 5.90. The lowest BCUT2D eigenvalue weighted by molar-refractivity contribution is 0.0256. The van der Waals surface area contributed by atoms with Crippen molar-refractivity contribution in [2.75, 3.05) is 24.6 Å². The van der Waals surface area contributed by atoms with E-state index in [4.69, 9.17) is 9.15 Å². The number of furan rings is 1. The standard InChI is InChI=1S/C18H19N3O2S/c1-2-6-15-12(4-1)16-17(19-11-20-18(16)24-15)21-7-9-23-14(10-21)13-5-3-8-22-13/h3,5,8,11,14H,1-2,4,6-7,9-10H2. The second-order valence-corrected chi connectivity index (χ2v) is 7.49. The predicted octanol–water partition coefficient (Wildman–Crippen LogP) is 3.74. The third kappa shape index (κ3) is 2.32. The molecule has 0 amide bonds. The first-order chi connectivity index (χ1) is 11.9. The molecule has 5 nitrogen and oxygen atoms in total. The van der Waals surface area contributed by atoms with Crippen molar-refractivity contribution in [3.8, 4) is 0 Å². The molecule has 124 valence electrons. The highest BCUT2D eigenvalue weighted by atomic mass is 32.1. The number of hydrogen-bond donors (Lipinski definition) is 0. The fraction of sp³-hybridized carbons (Fsp3) is 0.444. The van der Waals surface area contributed by atoms with Crippen LogP contribution in [0.5, 0.6) is 0 Å². The highest BCUT2D eigenvalue weighted by Gasteiger charge is 2.28. The molecule has 0 radical (unpaired) electrons. The van der Waals surface area contributed by atoms with Gasteiger partial charge < -0.3 is 14.1 Å². The van der Waals surface area contributed by atoms with Gasteiger partial charge in [0.25, 0.3) is 0 Å². The zero-order valence-corrected chi connectivity index (χ0v) is 14.2. The second-order valence-electron chi connectivity index (χ2n) is 6.41. The van der Waals surface area contributed by atoms with Crippen LogP contribution >= 0.6 is 11.3 Å². The number of aromatic nitrogens is 2. The lowest BCUT2D eigenvalue weighted by Gasteiger charge is -2.33. The minimum absolute atomic E-state index is 0.0340. The van der Waals surface area contributed by atoms with Gasteiger partial charge in [-0.3, -0.25) is 0 Å². The van der Waals surface area contributed by atoms with Crippen LogP contribution in [0.25, 0.3) is 10.2 Å². The Morgan fingerprint density at radius 2 is 2.17 bits per heavy atom. The van der Waals surface area contributed by atoms with Crippen molar-refractivity contribution in [2.45, 2.75) is 31.8 Å². The van der Waals surface area contributed by atoms with Gasteiger partial charge in [-0.25, -0.2) is 9.97 Å². The fourth-order valence-corrected chi connectivity index (χ4v) is 5.03. The average molecular weight is 341 g/mol. The van der Waals surface area contributed by atoms with E-state index < -0.39 is 0 Å². The van der Waals surface area contributed by atoms with E-state index in [1.165, 1.54) is 35.1 Å². The molecule has 1 fully saturated rings. The predicted molar refractivity (Wildman–Crippen MR) is 93.7 cm³/mol. The summed E-state index contributed by atoms with van der Waals surface area (Å²) in [6.07, 6.45) is 8.28. The Kier molecular flexibility index (Phi) is 3.52. The molecule has 0 spiro atoms. The number of aryl methyl sites for hydroxylation is 2. The molecule has 2 aliphatic rings. The second kappa shape index (κ2) is 5.86. The van der Waals surface area contributed by atoms with Crippen LogP contribution in [-0.2, 0) is 17.6 Å². The smallest absolute Gasteiger partial charge is 0.141 e. The van der Waals surface area contributed by atoms with Crippen LogP contribution in [0.2, 0.25) is 0 Å². The van der Waals surface area contributed by atoms with Crippen molar-refractivity contribution in [2.24, 2.45) is 0 Å². The summed E-state index contributed by atoms with van der Waals surface area (Å²) in [7, 11) is 0. The Bertz CT molecular complexity index is 859. The fourth-order valence-electron chi connectivity index (χ4n) is 3.80. The maximum Gasteiger partial charge on any atom is 0.141 e. The molecular formula is C18H19N3O2S. The highest BCUT2D eigenvalue weighted by molar-refractivity contribution is 7.19. The number of morpholine rings is 1. The highest BCUT2D eigenvalue weighted by Crippen LogP contribution is 2.40. The van der Waals surface area contributed by atoms with Gasteiger partial charge in [-0.2, -0.15) is 0 Å². The number of nitrogens with zero attached hydrogens (tertiary/aromatic N) is 3. The van der Waals surface area contributed by atoms with Gasteiger partial charge in [0.15, 0.2) is 0 Å². The molecule has 3 aromatic rings. The van der Waals surface area contributed by atoms with Crippen molar-refractivity contribution >= 4 is 27.4 Å². The van der Waals surface area contributed by atoms with Crippen LogP contribution in [-0.4, -0.2) is 29.7 Å². The molecule has 6 heteroatoms. The Morgan fingerprint density at radius 1 is 1.21 bits per heavy atom. The monoisotopic (exact) mass is 341 g/mol. The van der Waals surface area contributed by atoms with Crippen LogP contribution in [0, 0.1) is 0 Å². The van der Waals surface area contributed by atoms with Crippen molar-refractivity contribution in [1.82, 2.24) is 9.97 Å². The molecular weight excluding hydrogens is 322 g/mol. The van der Waals surface area contributed by atoms with Crippen LogP contribution in [0.1, 0.15) is 35.1 Å². The van der Waals surface area contributed by atoms with E-state index in [0.29, 0.717) is 6.61 Å². The molecule has 4 heterocycles. The normalized spacial score (nSPS) is 21.2. The van der Waals surface area contributed by atoms with E-state index in [-0.39, 0.29) is 6.10 Å². The molecule has 1 saturated heterocycles. The Labute approximate surface area is 144 Å². The third-order valence-electron chi connectivity index (χ3n) is 4.96. The van der Waals surface area contributed by atoms with Gasteiger partial charge in [0.05, 0.1) is 24.8 Å². The molecule has 0 saturated carbocycles. The Morgan fingerprint density at radius 3 is 3.08 bits per heavy atom. The van der Waals surface area contributed by atoms with E-state index >= 15 is 0 Å². The minimum atomic E-state index is -0.0340. The van der Waals surface area contributed by atoms with Crippen molar-refractivity contribution < 1.29 is 9.15 Å². The Hall–Kier alpha value is -1.92. The summed E-state index contributed by atoms with van der Waals surface area (Å²) in [5, 5.41) is 1.28. The van der Waals surface area contributed by atoms with Gasteiger partial charge in [-0.05, 0) is 43.4 Å². The first kappa shape index (κ1) is 14.4.